The van der Waals surface area contributed by atoms with E-state index in [0.717, 1.165) is 23.4 Å². The molecule has 12 heavy (non-hydrogen) atoms. The van der Waals surface area contributed by atoms with Crippen molar-refractivity contribution in [1.29, 1.82) is 0 Å². The van der Waals surface area contributed by atoms with Crippen molar-refractivity contribution in [2.24, 2.45) is 0 Å². The molecule has 1 aromatic carbocycles. The van der Waals surface area contributed by atoms with Gasteiger partial charge in [-0.1, -0.05) is 39.7 Å². The van der Waals surface area contributed by atoms with Gasteiger partial charge in [0.15, 0.2) is 0 Å². The minimum atomic E-state index is 0.798. The maximum absolute atomic E-state index is 5.75. The summed E-state index contributed by atoms with van der Waals surface area (Å²) in [5.41, 5.74) is 2.16. The topological polar surface area (TPSA) is 12.0 Å². The van der Waals surface area contributed by atoms with Crippen LogP contribution in [0.5, 0.6) is 0 Å². The lowest BCUT2D eigenvalue weighted by molar-refractivity contribution is 0.779. The number of benzene rings is 1. The number of hydrogen-bond acceptors (Lipinski definition) is 1. The van der Waals surface area contributed by atoms with Crippen LogP contribution >= 0.6 is 27.5 Å². The van der Waals surface area contributed by atoms with Crippen LogP contribution in [0.1, 0.15) is 5.56 Å². The third-order valence-corrected chi connectivity index (χ3v) is 2.25. The summed E-state index contributed by atoms with van der Waals surface area (Å²) in [6.45, 7) is 0.993. The highest BCUT2D eigenvalue weighted by Gasteiger charge is 1.91. The zero-order valence-electron chi connectivity index (χ0n) is 6.69. The van der Waals surface area contributed by atoms with Crippen molar-refractivity contribution >= 4 is 27.5 Å². The zero-order valence-corrected chi connectivity index (χ0v) is 9.03. The highest BCUT2D eigenvalue weighted by molar-refractivity contribution is 9.09. The fourth-order valence-electron chi connectivity index (χ4n) is 0.951. The van der Waals surface area contributed by atoms with E-state index in [0.29, 0.717) is 0 Å². The molecule has 0 atom stereocenters. The minimum Gasteiger partial charge on any atom is -0.307 e. The molecule has 0 aliphatic heterocycles. The summed E-state index contributed by atoms with van der Waals surface area (Å²) in [5.74, 6) is 0. The first kappa shape index (κ1) is 10.0. The fourth-order valence-corrected chi connectivity index (χ4v) is 1.36. The maximum atomic E-state index is 5.75. The van der Waals surface area contributed by atoms with E-state index >= 15 is 0 Å². The summed E-state index contributed by atoms with van der Waals surface area (Å²) >= 11 is 9.05. The smallest absolute Gasteiger partial charge is 0.0517 e. The van der Waals surface area contributed by atoms with Gasteiger partial charge in [0, 0.05) is 5.02 Å². The number of rotatable bonds is 4. The van der Waals surface area contributed by atoms with Gasteiger partial charge in [0.05, 0.1) is 5.45 Å². The van der Waals surface area contributed by atoms with Crippen LogP contribution in [0.25, 0.3) is 0 Å². The van der Waals surface area contributed by atoms with Crippen molar-refractivity contribution in [2.75, 3.05) is 12.0 Å². The predicted molar refractivity (Wildman–Crippen MR) is 57.0 cm³/mol. The minimum absolute atomic E-state index is 0.798. The Kier molecular flexibility index (Phi) is 4.66. The van der Waals surface area contributed by atoms with Crippen molar-refractivity contribution in [3.63, 3.8) is 0 Å². The molecule has 0 radical (unpaired) electrons. The Hall–Kier alpha value is -0.0500. The second-order valence-electron chi connectivity index (χ2n) is 2.51. The Morgan fingerprint density at radius 1 is 1.25 bits per heavy atom. The van der Waals surface area contributed by atoms with Crippen LogP contribution in [-0.2, 0) is 6.42 Å². The fraction of sp³-hybridized carbons (Fsp3) is 0.333. The molecule has 0 aliphatic carbocycles. The van der Waals surface area contributed by atoms with Crippen molar-refractivity contribution in [1.82, 2.24) is 5.32 Å². The summed E-state index contributed by atoms with van der Waals surface area (Å²) in [7, 11) is 0. The molecule has 0 saturated carbocycles. The number of alkyl halides is 1. The summed E-state index contributed by atoms with van der Waals surface area (Å²) in [4.78, 5) is 0. The van der Waals surface area contributed by atoms with E-state index in [2.05, 4.69) is 33.4 Å². The largest absolute Gasteiger partial charge is 0.307 e. The molecule has 1 rings (SSSR count). The number of nitrogens with one attached hydrogen (secondary N) is 1. The standard InChI is InChI=1S/C9H11BrClN/c10-7-12-6-5-8-1-3-9(11)4-2-8/h1-4,12H,5-7H2. The average Bonchev–Trinajstić information content (AvgIpc) is 2.09. The van der Waals surface area contributed by atoms with Crippen LogP contribution in [-0.4, -0.2) is 12.0 Å². The molecule has 1 nitrogen and oxygen atoms in total. The Labute approximate surface area is 86.2 Å². The Balaban J connectivity index is 2.37. The van der Waals surface area contributed by atoms with E-state index in [1.54, 1.807) is 0 Å². The van der Waals surface area contributed by atoms with Gasteiger partial charge in [0.2, 0.25) is 0 Å². The van der Waals surface area contributed by atoms with Gasteiger partial charge in [0.25, 0.3) is 0 Å². The van der Waals surface area contributed by atoms with Crippen molar-refractivity contribution in [2.45, 2.75) is 6.42 Å². The van der Waals surface area contributed by atoms with Crippen molar-refractivity contribution < 1.29 is 0 Å². The van der Waals surface area contributed by atoms with Crippen LogP contribution in [0.2, 0.25) is 5.02 Å². The monoisotopic (exact) mass is 247 g/mol. The molecular weight excluding hydrogens is 237 g/mol. The van der Waals surface area contributed by atoms with E-state index in [-0.39, 0.29) is 0 Å². The van der Waals surface area contributed by atoms with Gasteiger partial charge >= 0.3 is 0 Å². The average molecular weight is 249 g/mol. The van der Waals surface area contributed by atoms with E-state index in [1.165, 1.54) is 5.56 Å². The van der Waals surface area contributed by atoms with Crippen LogP contribution in [0, 0.1) is 0 Å². The molecule has 3 heteroatoms. The number of halogens is 2. The molecule has 0 saturated heterocycles. The SMILES string of the molecule is Clc1ccc(CCNCBr)cc1. The molecule has 0 heterocycles. The van der Waals surface area contributed by atoms with Gasteiger partial charge in [-0.25, -0.2) is 0 Å². The molecule has 0 bridgehead atoms. The van der Waals surface area contributed by atoms with E-state index in [9.17, 15) is 0 Å². The molecule has 1 aromatic rings. The first-order valence-corrected chi connectivity index (χ1v) is 5.34. The van der Waals surface area contributed by atoms with Crippen LogP contribution in [0.4, 0.5) is 0 Å². The number of hydrogen-bond donors (Lipinski definition) is 1. The lowest BCUT2D eigenvalue weighted by atomic mass is 10.1. The normalized spacial score (nSPS) is 10.2. The van der Waals surface area contributed by atoms with E-state index in [1.807, 2.05) is 12.1 Å². The molecule has 1 N–H and O–H groups in total. The second-order valence-corrected chi connectivity index (χ2v) is 3.51. The third-order valence-electron chi connectivity index (χ3n) is 1.60. The molecule has 0 aromatic heterocycles. The molecule has 0 unspecified atom stereocenters. The summed E-state index contributed by atoms with van der Waals surface area (Å²) in [6.07, 6.45) is 1.04. The van der Waals surface area contributed by atoms with Crippen molar-refractivity contribution in [3.05, 3.63) is 34.9 Å². The van der Waals surface area contributed by atoms with E-state index in [4.69, 9.17) is 11.6 Å². The third kappa shape index (κ3) is 3.57. The van der Waals surface area contributed by atoms with Gasteiger partial charge in [-0.3, -0.25) is 0 Å². The van der Waals surface area contributed by atoms with Gasteiger partial charge in [-0.05, 0) is 30.7 Å². The highest BCUT2D eigenvalue weighted by Crippen LogP contribution is 2.09. The van der Waals surface area contributed by atoms with Crippen molar-refractivity contribution in [3.8, 4) is 0 Å². The summed E-state index contributed by atoms with van der Waals surface area (Å²) < 4.78 is 0. The second kappa shape index (κ2) is 5.57. The molecular formula is C9H11BrClN. The van der Waals surface area contributed by atoms with E-state index < -0.39 is 0 Å². The van der Waals surface area contributed by atoms with Gasteiger partial charge in [-0.15, -0.1) is 0 Å². The molecule has 0 aliphatic rings. The summed E-state index contributed by atoms with van der Waals surface area (Å²) in [5, 5.41) is 3.99. The first-order chi connectivity index (χ1) is 5.83. The van der Waals surface area contributed by atoms with Crippen LogP contribution in [0.15, 0.2) is 24.3 Å². The molecule has 66 valence electrons. The predicted octanol–water partition coefficient (Wildman–Crippen LogP) is 2.82. The highest BCUT2D eigenvalue weighted by atomic mass is 79.9. The quantitative estimate of drug-likeness (QED) is 0.491. The lowest BCUT2D eigenvalue weighted by Gasteiger charge is -2.00. The van der Waals surface area contributed by atoms with Crippen LogP contribution in [0.3, 0.4) is 0 Å². The van der Waals surface area contributed by atoms with Gasteiger partial charge in [-0.2, -0.15) is 0 Å². The maximum Gasteiger partial charge on any atom is 0.0517 e. The molecule has 0 amide bonds. The van der Waals surface area contributed by atoms with Gasteiger partial charge in [0.1, 0.15) is 0 Å². The summed E-state index contributed by atoms with van der Waals surface area (Å²) in [6, 6.07) is 7.95. The molecule has 0 spiro atoms. The lowest BCUT2D eigenvalue weighted by Crippen LogP contribution is -2.14. The Bertz CT molecular complexity index is 222. The Morgan fingerprint density at radius 2 is 1.92 bits per heavy atom. The molecule has 0 fully saturated rings. The Morgan fingerprint density at radius 3 is 2.50 bits per heavy atom. The van der Waals surface area contributed by atoms with Crippen LogP contribution < -0.4 is 5.32 Å². The zero-order chi connectivity index (χ0) is 8.81. The first-order valence-electron chi connectivity index (χ1n) is 3.84. The van der Waals surface area contributed by atoms with Gasteiger partial charge < -0.3 is 5.32 Å².